The SMILES string of the molecule is COc1ccccc1C(=O)NN1C(=O)/C(=C\c2cccn2C)SC1=S. The minimum absolute atomic E-state index is 0.272. The van der Waals surface area contributed by atoms with Crippen molar-refractivity contribution in [3.8, 4) is 5.75 Å². The van der Waals surface area contributed by atoms with Crippen LogP contribution >= 0.6 is 24.0 Å². The number of thioether (sulfide) groups is 1. The summed E-state index contributed by atoms with van der Waals surface area (Å²) >= 11 is 6.37. The van der Waals surface area contributed by atoms with E-state index in [1.54, 1.807) is 30.3 Å². The molecule has 8 heteroatoms. The van der Waals surface area contributed by atoms with Crippen molar-refractivity contribution in [2.75, 3.05) is 7.11 Å². The molecule has 0 unspecified atom stereocenters. The zero-order valence-corrected chi connectivity index (χ0v) is 15.2. The molecule has 0 spiro atoms. The van der Waals surface area contributed by atoms with Crippen LogP contribution < -0.4 is 10.2 Å². The summed E-state index contributed by atoms with van der Waals surface area (Å²) in [7, 11) is 3.37. The number of amides is 2. The molecule has 1 aliphatic rings. The Bertz CT molecular complexity index is 889. The summed E-state index contributed by atoms with van der Waals surface area (Å²) in [4.78, 5) is 25.5. The number of benzene rings is 1. The number of para-hydroxylation sites is 1. The Morgan fingerprint density at radius 1 is 1.28 bits per heavy atom. The van der Waals surface area contributed by atoms with Crippen molar-refractivity contribution >= 4 is 46.2 Å². The van der Waals surface area contributed by atoms with Gasteiger partial charge in [0, 0.05) is 18.9 Å². The Morgan fingerprint density at radius 3 is 2.72 bits per heavy atom. The molecule has 1 aromatic heterocycles. The third-order valence-corrected chi connectivity index (χ3v) is 4.92. The Hall–Kier alpha value is -2.58. The fourth-order valence-electron chi connectivity index (χ4n) is 2.32. The van der Waals surface area contributed by atoms with Gasteiger partial charge in [0.15, 0.2) is 4.32 Å². The smallest absolute Gasteiger partial charge is 0.285 e. The Morgan fingerprint density at radius 2 is 2.04 bits per heavy atom. The van der Waals surface area contributed by atoms with Crippen LogP contribution in [0.3, 0.4) is 0 Å². The average molecular weight is 373 g/mol. The molecule has 1 N–H and O–H groups in total. The number of ether oxygens (including phenoxy) is 1. The Kier molecular flexibility index (Phi) is 4.91. The van der Waals surface area contributed by atoms with Gasteiger partial charge in [-0.2, -0.15) is 5.01 Å². The highest BCUT2D eigenvalue weighted by Crippen LogP contribution is 2.31. The summed E-state index contributed by atoms with van der Waals surface area (Å²) < 4.78 is 7.33. The molecule has 2 heterocycles. The summed E-state index contributed by atoms with van der Waals surface area (Å²) in [5, 5.41) is 1.09. The number of nitrogens with one attached hydrogen (secondary N) is 1. The Labute approximate surface area is 154 Å². The molecule has 1 aromatic carbocycles. The van der Waals surface area contributed by atoms with Gasteiger partial charge in [-0.1, -0.05) is 23.9 Å². The lowest BCUT2D eigenvalue weighted by Gasteiger charge is -2.16. The van der Waals surface area contributed by atoms with Crippen LogP contribution in [0.25, 0.3) is 6.08 Å². The van der Waals surface area contributed by atoms with Crippen molar-refractivity contribution in [3.63, 3.8) is 0 Å². The van der Waals surface area contributed by atoms with Crippen molar-refractivity contribution in [2.45, 2.75) is 0 Å². The maximum absolute atomic E-state index is 12.6. The number of aromatic nitrogens is 1. The van der Waals surface area contributed by atoms with Crippen LogP contribution in [0.5, 0.6) is 5.75 Å². The monoisotopic (exact) mass is 373 g/mol. The van der Waals surface area contributed by atoms with E-state index in [2.05, 4.69) is 5.43 Å². The lowest BCUT2D eigenvalue weighted by Crippen LogP contribution is -2.44. The first kappa shape index (κ1) is 17.2. The number of carbonyl (C=O) groups excluding carboxylic acids is 2. The molecule has 25 heavy (non-hydrogen) atoms. The molecule has 0 radical (unpaired) electrons. The van der Waals surface area contributed by atoms with Crippen LogP contribution in [-0.2, 0) is 11.8 Å². The maximum Gasteiger partial charge on any atom is 0.285 e. The molecule has 3 rings (SSSR count). The van der Waals surface area contributed by atoms with Gasteiger partial charge in [0.05, 0.1) is 17.6 Å². The number of thiocarbonyl (C=S) groups is 1. The fourth-order valence-corrected chi connectivity index (χ4v) is 3.48. The molecule has 2 aromatic rings. The van der Waals surface area contributed by atoms with E-state index in [9.17, 15) is 9.59 Å². The van der Waals surface area contributed by atoms with E-state index in [-0.39, 0.29) is 10.2 Å². The van der Waals surface area contributed by atoms with E-state index in [4.69, 9.17) is 17.0 Å². The molecule has 2 amide bonds. The lowest BCUT2D eigenvalue weighted by atomic mass is 10.2. The van der Waals surface area contributed by atoms with Crippen LogP contribution in [-0.4, -0.2) is 32.8 Å². The number of methoxy groups -OCH3 is 1. The van der Waals surface area contributed by atoms with Crippen molar-refractivity contribution in [1.29, 1.82) is 0 Å². The second-order valence-corrected chi connectivity index (χ2v) is 6.88. The van der Waals surface area contributed by atoms with Gasteiger partial charge in [0.2, 0.25) is 0 Å². The van der Waals surface area contributed by atoms with Crippen LogP contribution in [0.1, 0.15) is 16.1 Å². The minimum atomic E-state index is -0.464. The van der Waals surface area contributed by atoms with E-state index < -0.39 is 5.91 Å². The molecule has 1 saturated heterocycles. The number of hydrazine groups is 1. The van der Waals surface area contributed by atoms with Crippen LogP contribution in [0.15, 0.2) is 47.5 Å². The van der Waals surface area contributed by atoms with Crippen molar-refractivity contribution < 1.29 is 14.3 Å². The number of rotatable bonds is 4. The van der Waals surface area contributed by atoms with E-state index in [1.165, 1.54) is 7.11 Å². The summed E-state index contributed by atoms with van der Waals surface area (Å²) in [6.07, 6.45) is 3.63. The van der Waals surface area contributed by atoms with Crippen molar-refractivity contribution in [1.82, 2.24) is 15.0 Å². The molecular weight excluding hydrogens is 358 g/mol. The highest BCUT2D eigenvalue weighted by molar-refractivity contribution is 8.26. The van der Waals surface area contributed by atoms with E-state index in [0.29, 0.717) is 16.2 Å². The van der Waals surface area contributed by atoms with Gasteiger partial charge in [-0.25, -0.2) is 0 Å². The van der Waals surface area contributed by atoms with Crippen LogP contribution in [0.2, 0.25) is 0 Å². The number of nitrogens with zero attached hydrogens (tertiary/aromatic N) is 2. The summed E-state index contributed by atoms with van der Waals surface area (Å²) in [6.45, 7) is 0. The van der Waals surface area contributed by atoms with Gasteiger partial charge < -0.3 is 9.30 Å². The fraction of sp³-hybridized carbons (Fsp3) is 0.118. The van der Waals surface area contributed by atoms with Gasteiger partial charge >= 0.3 is 0 Å². The largest absolute Gasteiger partial charge is 0.496 e. The summed E-state index contributed by atoms with van der Waals surface area (Å²) in [5.74, 6) is -0.405. The highest BCUT2D eigenvalue weighted by atomic mass is 32.2. The number of aryl methyl sites for hydroxylation is 1. The van der Waals surface area contributed by atoms with E-state index in [1.807, 2.05) is 29.9 Å². The second-order valence-electron chi connectivity index (χ2n) is 5.20. The molecule has 0 bridgehead atoms. The number of hydrogen-bond acceptors (Lipinski definition) is 5. The summed E-state index contributed by atoms with van der Waals surface area (Å²) in [5.41, 5.74) is 3.75. The van der Waals surface area contributed by atoms with Crippen molar-refractivity contribution in [2.24, 2.45) is 7.05 Å². The third kappa shape index (κ3) is 3.45. The first-order chi connectivity index (χ1) is 12.0. The molecule has 6 nitrogen and oxygen atoms in total. The standard InChI is InChI=1S/C17H15N3O3S2/c1-19-9-5-6-11(19)10-14-16(22)20(17(24)25-14)18-15(21)12-7-3-4-8-13(12)23-2/h3-10H,1-2H3,(H,18,21)/b14-10+. The predicted molar refractivity (Wildman–Crippen MR) is 101 cm³/mol. The zero-order chi connectivity index (χ0) is 18.0. The van der Waals surface area contributed by atoms with Gasteiger partial charge in [-0.15, -0.1) is 0 Å². The first-order valence-electron chi connectivity index (χ1n) is 7.34. The molecule has 1 fully saturated rings. The van der Waals surface area contributed by atoms with Gasteiger partial charge in [-0.3, -0.25) is 15.0 Å². The topological polar surface area (TPSA) is 63.6 Å². The molecule has 0 aliphatic carbocycles. The van der Waals surface area contributed by atoms with Crippen LogP contribution in [0.4, 0.5) is 0 Å². The van der Waals surface area contributed by atoms with Crippen molar-refractivity contribution in [3.05, 3.63) is 58.8 Å². The lowest BCUT2D eigenvalue weighted by molar-refractivity contribution is -0.123. The van der Waals surface area contributed by atoms with E-state index in [0.717, 1.165) is 22.5 Å². The van der Waals surface area contributed by atoms with E-state index >= 15 is 0 Å². The quantitative estimate of drug-likeness (QED) is 0.659. The number of hydrogen-bond donors (Lipinski definition) is 1. The molecular formula is C17H15N3O3S2. The average Bonchev–Trinajstić information content (AvgIpc) is 3.13. The van der Waals surface area contributed by atoms with Gasteiger partial charge in [0.25, 0.3) is 11.8 Å². The highest BCUT2D eigenvalue weighted by Gasteiger charge is 2.34. The van der Waals surface area contributed by atoms with Gasteiger partial charge in [0.1, 0.15) is 5.75 Å². The predicted octanol–water partition coefficient (Wildman–Crippen LogP) is 2.58. The first-order valence-corrected chi connectivity index (χ1v) is 8.57. The molecule has 0 saturated carbocycles. The van der Waals surface area contributed by atoms with Crippen LogP contribution in [0, 0.1) is 0 Å². The summed E-state index contributed by atoms with van der Waals surface area (Å²) in [6, 6.07) is 10.5. The molecule has 0 atom stereocenters. The normalized spacial score (nSPS) is 15.8. The Balaban J connectivity index is 1.80. The maximum atomic E-state index is 12.6. The molecule has 1 aliphatic heterocycles. The second kappa shape index (κ2) is 7.12. The number of carbonyl (C=O) groups is 2. The molecule has 128 valence electrons. The van der Waals surface area contributed by atoms with Gasteiger partial charge in [-0.05, 0) is 42.6 Å². The third-order valence-electron chi connectivity index (χ3n) is 3.62. The zero-order valence-electron chi connectivity index (χ0n) is 13.6. The minimum Gasteiger partial charge on any atom is -0.496 e.